The molecule has 5 heteroatoms. The smallest absolute Gasteiger partial charge is 0.151 e. The summed E-state index contributed by atoms with van der Waals surface area (Å²) in [4.78, 5) is 2.34. The molecular formula is C10H20N2O2S. The third kappa shape index (κ3) is 2.71. The van der Waals surface area contributed by atoms with E-state index in [-0.39, 0.29) is 6.04 Å². The van der Waals surface area contributed by atoms with Crippen LogP contribution in [-0.4, -0.2) is 50.5 Å². The Hall–Kier alpha value is -0.130. The summed E-state index contributed by atoms with van der Waals surface area (Å²) < 4.78 is 22.7. The van der Waals surface area contributed by atoms with E-state index < -0.39 is 9.84 Å². The number of likely N-dealkylation sites (tertiary alicyclic amines) is 1. The van der Waals surface area contributed by atoms with Gasteiger partial charge in [-0.3, -0.25) is 4.90 Å². The average Bonchev–Trinajstić information content (AvgIpc) is 2.59. The minimum Gasteiger partial charge on any atom is -0.330 e. The van der Waals surface area contributed by atoms with E-state index in [2.05, 4.69) is 4.90 Å². The molecule has 2 heterocycles. The molecule has 2 N–H and O–H groups in total. The molecule has 0 radical (unpaired) electrons. The molecule has 0 aromatic rings. The van der Waals surface area contributed by atoms with Gasteiger partial charge in [-0.05, 0) is 44.8 Å². The highest BCUT2D eigenvalue weighted by Crippen LogP contribution is 2.23. The zero-order valence-electron chi connectivity index (χ0n) is 9.06. The molecule has 2 saturated heterocycles. The van der Waals surface area contributed by atoms with Crippen LogP contribution >= 0.6 is 0 Å². The highest BCUT2D eigenvalue weighted by Gasteiger charge is 2.33. The van der Waals surface area contributed by atoms with Crippen molar-refractivity contribution in [1.82, 2.24) is 4.90 Å². The highest BCUT2D eigenvalue weighted by atomic mass is 32.2. The first-order valence-electron chi connectivity index (χ1n) is 5.75. The Balaban J connectivity index is 1.87. The van der Waals surface area contributed by atoms with Crippen molar-refractivity contribution in [2.75, 3.05) is 31.1 Å². The van der Waals surface area contributed by atoms with Crippen LogP contribution in [-0.2, 0) is 9.84 Å². The summed E-state index contributed by atoms with van der Waals surface area (Å²) in [5.41, 5.74) is 5.63. The molecule has 0 amide bonds. The summed E-state index contributed by atoms with van der Waals surface area (Å²) in [5.74, 6) is 1.41. The maximum absolute atomic E-state index is 11.4. The minimum absolute atomic E-state index is 0.286. The summed E-state index contributed by atoms with van der Waals surface area (Å²) in [7, 11) is -2.73. The monoisotopic (exact) mass is 232 g/mol. The molecule has 88 valence electrons. The van der Waals surface area contributed by atoms with E-state index in [0.29, 0.717) is 17.4 Å². The SMILES string of the molecule is NCC1CCN([C@@H]2CCS(=O)(=O)C2)CC1. The Morgan fingerprint density at radius 2 is 1.87 bits per heavy atom. The third-order valence-electron chi connectivity index (χ3n) is 3.71. The fourth-order valence-corrected chi connectivity index (χ4v) is 4.38. The van der Waals surface area contributed by atoms with Crippen molar-refractivity contribution in [3.05, 3.63) is 0 Å². The minimum atomic E-state index is -2.73. The molecule has 0 aromatic heterocycles. The standard InChI is InChI=1S/C10H20N2O2S/c11-7-9-1-4-12(5-2-9)10-3-6-15(13,14)8-10/h9-10H,1-8,11H2/t10-/m1/s1. The lowest BCUT2D eigenvalue weighted by Crippen LogP contribution is -2.43. The quantitative estimate of drug-likeness (QED) is 0.719. The highest BCUT2D eigenvalue weighted by molar-refractivity contribution is 7.91. The maximum atomic E-state index is 11.4. The zero-order chi connectivity index (χ0) is 10.9. The normalized spacial score (nSPS) is 33.3. The molecular weight excluding hydrogens is 212 g/mol. The van der Waals surface area contributed by atoms with E-state index in [9.17, 15) is 8.42 Å². The third-order valence-corrected chi connectivity index (χ3v) is 5.46. The van der Waals surface area contributed by atoms with Crippen LogP contribution < -0.4 is 5.73 Å². The summed E-state index contributed by atoms with van der Waals surface area (Å²) in [6.07, 6.45) is 3.09. The van der Waals surface area contributed by atoms with Gasteiger partial charge in [0, 0.05) is 6.04 Å². The van der Waals surface area contributed by atoms with Crippen molar-refractivity contribution in [2.45, 2.75) is 25.3 Å². The van der Waals surface area contributed by atoms with Crippen LogP contribution in [0.5, 0.6) is 0 Å². The lowest BCUT2D eigenvalue weighted by Gasteiger charge is -2.35. The van der Waals surface area contributed by atoms with Crippen LogP contribution in [0.25, 0.3) is 0 Å². The van der Waals surface area contributed by atoms with E-state index in [1.54, 1.807) is 0 Å². The van der Waals surface area contributed by atoms with Gasteiger partial charge in [-0.1, -0.05) is 0 Å². The molecule has 0 saturated carbocycles. The number of rotatable bonds is 2. The van der Waals surface area contributed by atoms with Crippen molar-refractivity contribution in [3.8, 4) is 0 Å². The topological polar surface area (TPSA) is 63.4 Å². The van der Waals surface area contributed by atoms with Crippen molar-refractivity contribution in [2.24, 2.45) is 11.7 Å². The fraction of sp³-hybridized carbons (Fsp3) is 1.00. The number of nitrogens with zero attached hydrogens (tertiary/aromatic N) is 1. The predicted molar refractivity (Wildman–Crippen MR) is 60.4 cm³/mol. The maximum Gasteiger partial charge on any atom is 0.151 e. The van der Waals surface area contributed by atoms with Crippen LogP contribution in [0.2, 0.25) is 0 Å². The van der Waals surface area contributed by atoms with Gasteiger partial charge in [-0.15, -0.1) is 0 Å². The van der Waals surface area contributed by atoms with E-state index in [1.165, 1.54) is 0 Å². The van der Waals surface area contributed by atoms with Crippen LogP contribution in [0.15, 0.2) is 0 Å². The molecule has 0 aromatic carbocycles. The van der Waals surface area contributed by atoms with E-state index in [1.807, 2.05) is 0 Å². The van der Waals surface area contributed by atoms with Gasteiger partial charge in [0.1, 0.15) is 0 Å². The van der Waals surface area contributed by atoms with Crippen molar-refractivity contribution in [3.63, 3.8) is 0 Å². The van der Waals surface area contributed by atoms with Crippen LogP contribution in [0, 0.1) is 5.92 Å². The molecule has 0 bridgehead atoms. The van der Waals surface area contributed by atoms with Crippen LogP contribution in [0.1, 0.15) is 19.3 Å². The Morgan fingerprint density at radius 3 is 2.33 bits per heavy atom. The Labute approximate surface area is 91.7 Å². The van der Waals surface area contributed by atoms with Gasteiger partial charge < -0.3 is 5.73 Å². The summed E-state index contributed by atoms with van der Waals surface area (Å²) >= 11 is 0. The first kappa shape index (κ1) is 11.4. The van der Waals surface area contributed by atoms with Gasteiger partial charge >= 0.3 is 0 Å². The number of sulfone groups is 1. The van der Waals surface area contributed by atoms with Gasteiger partial charge in [0.2, 0.25) is 0 Å². The lowest BCUT2D eigenvalue weighted by molar-refractivity contribution is 0.146. The molecule has 2 rings (SSSR count). The molecule has 2 aliphatic rings. The van der Waals surface area contributed by atoms with Crippen molar-refractivity contribution < 1.29 is 8.42 Å². The molecule has 0 unspecified atom stereocenters. The second-order valence-corrected chi connectivity index (χ2v) is 7.00. The van der Waals surface area contributed by atoms with Gasteiger partial charge in [0.05, 0.1) is 11.5 Å². The van der Waals surface area contributed by atoms with E-state index in [4.69, 9.17) is 5.73 Å². The summed E-state index contributed by atoms with van der Waals surface area (Å²) in [6, 6.07) is 0.286. The summed E-state index contributed by atoms with van der Waals surface area (Å²) in [5, 5.41) is 0. The molecule has 2 fully saturated rings. The van der Waals surface area contributed by atoms with Crippen LogP contribution in [0.4, 0.5) is 0 Å². The van der Waals surface area contributed by atoms with E-state index >= 15 is 0 Å². The van der Waals surface area contributed by atoms with E-state index in [0.717, 1.165) is 38.9 Å². The van der Waals surface area contributed by atoms with Gasteiger partial charge in [0.15, 0.2) is 9.84 Å². The average molecular weight is 232 g/mol. The molecule has 2 aliphatic heterocycles. The Bertz CT molecular complexity index is 307. The fourth-order valence-electron chi connectivity index (χ4n) is 2.62. The summed E-state index contributed by atoms with van der Waals surface area (Å²) in [6.45, 7) is 2.83. The van der Waals surface area contributed by atoms with Gasteiger partial charge in [0.25, 0.3) is 0 Å². The molecule has 1 atom stereocenters. The first-order chi connectivity index (χ1) is 7.11. The molecule has 15 heavy (non-hydrogen) atoms. The largest absolute Gasteiger partial charge is 0.330 e. The molecule has 4 nitrogen and oxygen atoms in total. The lowest BCUT2D eigenvalue weighted by atomic mass is 9.96. The zero-order valence-corrected chi connectivity index (χ0v) is 9.88. The van der Waals surface area contributed by atoms with Crippen LogP contribution in [0.3, 0.4) is 0 Å². The number of hydrogen-bond acceptors (Lipinski definition) is 4. The number of nitrogens with two attached hydrogens (primary N) is 1. The molecule has 0 spiro atoms. The number of piperidine rings is 1. The predicted octanol–water partition coefficient (Wildman–Crippen LogP) is -0.156. The van der Waals surface area contributed by atoms with Crippen molar-refractivity contribution >= 4 is 9.84 Å². The Morgan fingerprint density at radius 1 is 1.20 bits per heavy atom. The van der Waals surface area contributed by atoms with Gasteiger partial charge in [-0.25, -0.2) is 8.42 Å². The first-order valence-corrected chi connectivity index (χ1v) is 7.57. The molecule has 0 aliphatic carbocycles. The second-order valence-electron chi connectivity index (χ2n) is 4.77. The number of hydrogen-bond donors (Lipinski definition) is 1. The van der Waals surface area contributed by atoms with Crippen molar-refractivity contribution in [1.29, 1.82) is 0 Å². The van der Waals surface area contributed by atoms with Gasteiger partial charge in [-0.2, -0.15) is 0 Å². The second kappa shape index (κ2) is 4.39. The Kier molecular flexibility index (Phi) is 3.33.